The minimum Gasteiger partial charge on any atom is -0.493 e. The summed E-state index contributed by atoms with van der Waals surface area (Å²) in [4.78, 5) is 44.9. The van der Waals surface area contributed by atoms with Crippen LogP contribution >= 0.6 is 11.6 Å². The van der Waals surface area contributed by atoms with Gasteiger partial charge in [-0.15, -0.1) is 0 Å². The summed E-state index contributed by atoms with van der Waals surface area (Å²) in [5.41, 5.74) is 0.367. The van der Waals surface area contributed by atoms with Crippen LogP contribution in [0.15, 0.2) is 46.0 Å². The third-order valence-corrected chi connectivity index (χ3v) is 6.11. The van der Waals surface area contributed by atoms with Gasteiger partial charge >= 0.3 is 5.69 Å². The maximum absolute atomic E-state index is 12.9. The van der Waals surface area contributed by atoms with E-state index in [0.29, 0.717) is 48.2 Å². The molecule has 1 N–H and O–H groups in total. The molecule has 33 heavy (non-hydrogen) atoms. The smallest absolute Gasteiger partial charge is 0.328 e. The first-order chi connectivity index (χ1) is 15.9. The highest BCUT2D eigenvalue weighted by atomic mass is 35.5. The molecule has 1 aliphatic heterocycles. The monoisotopic (exact) mass is 472 g/mol. The second-order valence-electron chi connectivity index (χ2n) is 7.73. The van der Waals surface area contributed by atoms with Gasteiger partial charge in [0.1, 0.15) is 0 Å². The van der Waals surface area contributed by atoms with Gasteiger partial charge in [0.05, 0.1) is 25.1 Å². The largest absolute Gasteiger partial charge is 0.493 e. The molecule has 174 valence electrons. The lowest BCUT2D eigenvalue weighted by Crippen LogP contribution is -2.49. The van der Waals surface area contributed by atoms with E-state index in [2.05, 4.69) is 9.88 Å². The molecule has 0 spiro atoms. The summed E-state index contributed by atoms with van der Waals surface area (Å²) >= 11 is 5.95. The molecule has 1 aromatic heterocycles. The molecule has 0 bridgehead atoms. The standard InChI is InChI=1S/C23H25ClN4O5/c1-32-19-13-17-18(14-20(19)33-2)25-23(31)28(22(17)30)8-7-21(29)27-11-9-26(10-12-27)16-5-3-15(24)4-6-16/h3-6,13-14H,7-12H2,1-2H3,(H,25,31). The highest BCUT2D eigenvalue weighted by Crippen LogP contribution is 2.29. The molecule has 1 saturated heterocycles. The van der Waals surface area contributed by atoms with Gasteiger partial charge in [0, 0.05) is 55.9 Å². The quantitative estimate of drug-likeness (QED) is 0.590. The van der Waals surface area contributed by atoms with Crippen molar-refractivity contribution in [2.24, 2.45) is 0 Å². The number of nitrogens with one attached hydrogen (secondary N) is 1. The molecule has 0 aliphatic carbocycles. The van der Waals surface area contributed by atoms with Crippen LogP contribution in [-0.4, -0.2) is 60.8 Å². The summed E-state index contributed by atoms with van der Waals surface area (Å²) in [6, 6.07) is 10.7. The number of halogens is 1. The number of rotatable bonds is 6. The fourth-order valence-corrected chi connectivity index (χ4v) is 4.14. The van der Waals surface area contributed by atoms with Crippen molar-refractivity contribution < 1.29 is 14.3 Å². The number of methoxy groups -OCH3 is 2. The van der Waals surface area contributed by atoms with Gasteiger partial charge in [0.15, 0.2) is 11.5 Å². The topological polar surface area (TPSA) is 96.9 Å². The molecule has 10 heteroatoms. The average Bonchev–Trinajstić information content (AvgIpc) is 2.83. The van der Waals surface area contributed by atoms with E-state index in [1.54, 1.807) is 11.0 Å². The summed E-state index contributed by atoms with van der Waals surface area (Å²) < 4.78 is 11.5. The fraction of sp³-hybridized carbons (Fsp3) is 0.348. The number of H-pyrrole nitrogens is 1. The van der Waals surface area contributed by atoms with Crippen molar-refractivity contribution in [3.63, 3.8) is 0 Å². The summed E-state index contributed by atoms with van der Waals surface area (Å²) in [5, 5.41) is 0.973. The van der Waals surface area contributed by atoms with Gasteiger partial charge in [-0.1, -0.05) is 11.6 Å². The molecule has 0 saturated carbocycles. The van der Waals surface area contributed by atoms with Crippen molar-refractivity contribution in [3.05, 3.63) is 62.3 Å². The van der Waals surface area contributed by atoms with Gasteiger partial charge in [-0.25, -0.2) is 4.79 Å². The Morgan fingerprint density at radius 3 is 2.27 bits per heavy atom. The van der Waals surface area contributed by atoms with Gasteiger partial charge in [0.25, 0.3) is 5.56 Å². The van der Waals surface area contributed by atoms with Crippen molar-refractivity contribution in [1.82, 2.24) is 14.5 Å². The highest BCUT2D eigenvalue weighted by Gasteiger charge is 2.22. The first-order valence-corrected chi connectivity index (χ1v) is 11.0. The number of aromatic amines is 1. The maximum Gasteiger partial charge on any atom is 0.328 e. The first kappa shape index (κ1) is 22.7. The normalized spacial score (nSPS) is 13.9. The predicted molar refractivity (Wildman–Crippen MR) is 127 cm³/mol. The maximum atomic E-state index is 12.9. The number of carbonyl (C=O) groups excluding carboxylic acids is 1. The van der Waals surface area contributed by atoms with Crippen LogP contribution in [0, 0.1) is 0 Å². The van der Waals surface area contributed by atoms with E-state index in [9.17, 15) is 14.4 Å². The number of nitrogens with zero attached hydrogens (tertiary/aromatic N) is 3. The summed E-state index contributed by atoms with van der Waals surface area (Å²) in [6.45, 7) is 2.54. The second-order valence-corrected chi connectivity index (χ2v) is 8.17. The molecule has 0 atom stereocenters. The Morgan fingerprint density at radius 1 is 1.00 bits per heavy atom. The van der Waals surface area contributed by atoms with Crippen molar-refractivity contribution >= 4 is 34.1 Å². The lowest BCUT2D eigenvalue weighted by molar-refractivity contribution is -0.131. The lowest BCUT2D eigenvalue weighted by atomic mass is 10.2. The van der Waals surface area contributed by atoms with Crippen molar-refractivity contribution in [3.8, 4) is 11.5 Å². The number of ether oxygens (including phenoxy) is 2. The molecule has 2 aromatic carbocycles. The van der Waals surface area contributed by atoms with E-state index in [0.717, 1.165) is 10.3 Å². The summed E-state index contributed by atoms with van der Waals surface area (Å²) in [7, 11) is 2.95. The van der Waals surface area contributed by atoms with E-state index in [4.69, 9.17) is 21.1 Å². The molecule has 1 aliphatic rings. The Kier molecular flexibility index (Phi) is 6.60. The molecule has 1 fully saturated rings. The molecule has 1 amide bonds. The van der Waals surface area contributed by atoms with Crippen LogP contribution in [0.25, 0.3) is 10.9 Å². The molecule has 9 nitrogen and oxygen atoms in total. The molecular weight excluding hydrogens is 448 g/mol. The van der Waals surface area contributed by atoms with Crippen molar-refractivity contribution in [2.75, 3.05) is 45.3 Å². The Labute approximate surface area is 195 Å². The Hall–Kier alpha value is -3.46. The van der Waals surface area contributed by atoms with E-state index in [1.807, 2.05) is 24.3 Å². The van der Waals surface area contributed by atoms with Crippen LogP contribution in [0.4, 0.5) is 5.69 Å². The Bertz CT molecular complexity index is 1280. The SMILES string of the molecule is COc1cc2[nH]c(=O)n(CCC(=O)N3CCN(c4ccc(Cl)cc4)CC3)c(=O)c2cc1OC. The zero-order valence-corrected chi connectivity index (χ0v) is 19.2. The van der Waals surface area contributed by atoms with Crippen molar-refractivity contribution in [2.45, 2.75) is 13.0 Å². The van der Waals surface area contributed by atoms with Gasteiger partial charge in [0.2, 0.25) is 5.91 Å². The van der Waals surface area contributed by atoms with Crippen LogP contribution in [0.1, 0.15) is 6.42 Å². The average molecular weight is 473 g/mol. The third-order valence-electron chi connectivity index (χ3n) is 5.86. The van der Waals surface area contributed by atoms with E-state index < -0.39 is 11.2 Å². The number of benzene rings is 2. The van der Waals surface area contributed by atoms with E-state index >= 15 is 0 Å². The molecule has 0 radical (unpaired) electrons. The highest BCUT2D eigenvalue weighted by molar-refractivity contribution is 6.30. The number of hydrogen-bond donors (Lipinski definition) is 1. The molecule has 2 heterocycles. The number of piperazine rings is 1. The number of hydrogen-bond acceptors (Lipinski definition) is 6. The Balaban J connectivity index is 1.44. The van der Waals surface area contributed by atoms with E-state index in [-0.39, 0.29) is 24.3 Å². The van der Waals surface area contributed by atoms with Crippen LogP contribution in [0.2, 0.25) is 5.02 Å². The molecular formula is C23H25ClN4O5. The fourth-order valence-electron chi connectivity index (χ4n) is 4.01. The van der Waals surface area contributed by atoms with Gasteiger partial charge in [-0.05, 0) is 30.3 Å². The minimum atomic E-state index is -0.569. The summed E-state index contributed by atoms with van der Waals surface area (Å²) in [5.74, 6) is 0.700. The Morgan fingerprint density at radius 2 is 1.64 bits per heavy atom. The van der Waals surface area contributed by atoms with Crippen molar-refractivity contribution in [1.29, 1.82) is 0 Å². The zero-order chi connectivity index (χ0) is 23.5. The van der Waals surface area contributed by atoms with E-state index in [1.165, 1.54) is 20.3 Å². The number of carbonyl (C=O) groups is 1. The first-order valence-electron chi connectivity index (χ1n) is 10.6. The van der Waals surface area contributed by atoms with Crippen LogP contribution in [-0.2, 0) is 11.3 Å². The number of amides is 1. The molecule has 4 rings (SSSR count). The van der Waals surface area contributed by atoms with Gasteiger partial charge in [-0.3, -0.25) is 14.2 Å². The summed E-state index contributed by atoms with van der Waals surface area (Å²) in [6.07, 6.45) is 0.0583. The number of aromatic nitrogens is 2. The van der Waals surface area contributed by atoms with Gasteiger partial charge < -0.3 is 24.3 Å². The third kappa shape index (κ3) is 4.68. The molecule has 3 aromatic rings. The molecule has 0 unspecified atom stereocenters. The zero-order valence-electron chi connectivity index (χ0n) is 18.5. The van der Waals surface area contributed by atoms with Crippen LogP contribution in [0.3, 0.4) is 0 Å². The minimum absolute atomic E-state index is 0.00527. The van der Waals surface area contributed by atoms with Crippen LogP contribution in [0.5, 0.6) is 11.5 Å². The van der Waals surface area contributed by atoms with Gasteiger partial charge in [-0.2, -0.15) is 0 Å². The number of anilines is 1. The second kappa shape index (κ2) is 9.58. The predicted octanol–water partition coefficient (Wildman–Crippen LogP) is 2.10. The number of fused-ring (bicyclic) bond motifs is 1. The lowest BCUT2D eigenvalue weighted by Gasteiger charge is -2.36. The van der Waals surface area contributed by atoms with Crippen LogP contribution < -0.4 is 25.6 Å².